The molecule has 0 radical (unpaired) electrons. The van der Waals surface area contributed by atoms with E-state index in [1.807, 2.05) is 20.8 Å². The van der Waals surface area contributed by atoms with Crippen molar-refractivity contribution in [1.82, 2.24) is 10.3 Å². The highest BCUT2D eigenvalue weighted by molar-refractivity contribution is 6.33. The monoisotopic (exact) mass is 368 g/mol. The molecule has 7 nitrogen and oxygen atoms in total. The summed E-state index contributed by atoms with van der Waals surface area (Å²) in [6, 6.07) is 1.82. The van der Waals surface area contributed by atoms with Crippen LogP contribution < -0.4 is 16.4 Å². The Morgan fingerprint density at radius 1 is 1.24 bits per heavy atom. The van der Waals surface area contributed by atoms with Crippen LogP contribution >= 0.6 is 11.6 Å². The number of anilines is 1. The Kier molecular flexibility index (Phi) is 6.11. The van der Waals surface area contributed by atoms with Crippen LogP contribution in [0, 0.1) is 0 Å². The Morgan fingerprint density at radius 2 is 1.84 bits per heavy atom. The molecule has 0 aromatic carbocycles. The molecule has 25 heavy (non-hydrogen) atoms. The number of pyridine rings is 1. The van der Waals surface area contributed by atoms with Gasteiger partial charge in [0.05, 0.1) is 10.6 Å². The number of nitrogens with one attached hydrogen (secondary N) is 2. The fourth-order valence-corrected chi connectivity index (χ4v) is 2.95. The van der Waals surface area contributed by atoms with E-state index in [-0.39, 0.29) is 23.7 Å². The largest absolute Gasteiger partial charge is 0.444 e. The zero-order chi connectivity index (χ0) is 18.6. The third kappa shape index (κ3) is 6.08. The van der Waals surface area contributed by atoms with Crippen molar-refractivity contribution in [1.29, 1.82) is 0 Å². The van der Waals surface area contributed by atoms with Crippen LogP contribution in [0.5, 0.6) is 0 Å². The van der Waals surface area contributed by atoms with Gasteiger partial charge in [-0.05, 0) is 52.5 Å². The van der Waals surface area contributed by atoms with Crippen molar-refractivity contribution in [2.24, 2.45) is 5.73 Å². The van der Waals surface area contributed by atoms with Gasteiger partial charge in [0.15, 0.2) is 0 Å². The molecule has 138 valence electrons. The summed E-state index contributed by atoms with van der Waals surface area (Å²) < 4.78 is 5.28. The first-order valence-electron chi connectivity index (χ1n) is 8.35. The van der Waals surface area contributed by atoms with Crippen LogP contribution in [0.25, 0.3) is 0 Å². The van der Waals surface area contributed by atoms with Gasteiger partial charge >= 0.3 is 6.09 Å². The van der Waals surface area contributed by atoms with Crippen LogP contribution in [-0.4, -0.2) is 34.7 Å². The molecule has 1 aromatic heterocycles. The predicted octanol–water partition coefficient (Wildman–Crippen LogP) is 3.08. The van der Waals surface area contributed by atoms with Gasteiger partial charge in [0.1, 0.15) is 11.4 Å². The van der Waals surface area contributed by atoms with E-state index in [4.69, 9.17) is 22.1 Å². The summed E-state index contributed by atoms with van der Waals surface area (Å²) in [6.07, 6.45) is 4.45. The fraction of sp³-hybridized carbons (Fsp3) is 0.588. The lowest BCUT2D eigenvalue weighted by atomic mass is 9.91. The first kappa shape index (κ1) is 19.3. The van der Waals surface area contributed by atoms with Crippen molar-refractivity contribution in [3.63, 3.8) is 0 Å². The van der Waals surface area contributed by atoms with Crippen LogP contribution in [0.1, 0.15) is 56.8 Å². The summed E-state index contributed by atoms with van der Waals surface area (Å²) in [7, 11) is 0. The highest BCUT2D eigenvalue weighted by atomic mass is 35.5. The van der Waals surface area contributed by atoms with Gasteiger partial charge in [-0.15, -0.1) is 0 Å². The van der Waals surface area contributed by atoms with Crippen molar-refractivity contribution in [2.45, 2.75) is 64.1 Å². The SMILES string of the molecule is CC(C)(C)OC(=O)NC1CCC(Nc2ncc(C(N)=O)cc2Cl)CC1. The molecule has 0 unspecified atom stereocenters. The second kappa shape index (κ2) is 7.91. The molecule has 1 aliphatic rings. The minimum atomic E-state index is -0.560. The molecule has 0 saturated heterocycles. The standard InChI is InChI=1S/C17H25ClN4O3/c1-17(2,3)25-16(24)22-12-6-4-11(5-7-12)21-15-13(18)8-10(9-20-15)14(19)23/h8-9,11-12H,4-7H2,1-3H3,(H2,19,23)(H,20,21)(H,22,24). The van der Waals surface area contributed by atoms with E-state index in [2.05, 4.69) is 15.6 Å². The molecule has 0 bridgehead atoms. The van der Waals surface area contributed by atoms with E-state index in [1.54, 1.807) is 0 Å². The molecular weight excluding hydrogens is 344 g/mol. The molecule has 1 aromatic rings. The van der Waals surface area contributed by atoms with Crippen molar-refractivity contribution in [3.8, 4) is 0 Å². The van der Waals surface area contributed by atoms with Crippen molar-refractivity contribution in [3.05, 3.63) is 22.8 Å². The number of nitrogens with zero attached hydrogens (tertiary/aromatic N) is 1. The number of rotatable bonds is 4. The first-order chi connectivity index (χ1) is 11.6. The van der Waals surface area contributed by atoms with Gasteiger partial charge in [0.2, 0.25) is 5.91 Å². The molecule has 1 fully saturated rings. The second-order valence-electron chi connectivity index (χ2n) is 7.26. The molecule has 2 rings (SSSR count). The van der Waals surface area contributed by atoms with Gasteiger partial charge in [-0.2, -0.15) is 0 Å². The van der Waals surface area contributed by atoms with Gasteiger partial charge in [-0.1, -0.05) is 11.6 Å². The maximum absolute atomic E-state index is 11.8. The lowest BCUT2D eigenvalue weighted by Gasteiger charge is -2.31. The Hall–Kier alpha value is -2.02. The van der Waals surface area contributed by atoms with Gasteiger partial charge in [0.25, 0.3) is 0 Å². The number of carbonyl (C=O) groups is 2. The lowest BCUT2D eigenvalue weighted by Crippen LogP contribution is -2.42. The molecule has 0 aliphatic heterocycles. The number of primary amides is 1. The van der Waals surface area contributed by atoms with E-state index in [1.165, 1.54) is 12.3 Å². The van der Waals surface area contributed by atoms with Crippen LogP contribution in [-0.2, 0) is 4.74 Å². The number of ether oxygens (including phenoxy) is 1. The molecular formula is C17H25ClN4O3. The average Bonchev–Trinajstić information content (AvgIpc) is 2.49. The number of amides is 2. The maximum Gasteiger partial charge on any atom is 0.407 e. The lowest BCUT2D eigenvalue weighted by molar-refractivity contribution is 0.0492. The average molecular weight is 369 g/mol. The van der Waals surface area contributed by atoms with Crippen molar-refractivity contribution >= 4 is 29.4 Å². The minimum Gasteiger partial charge on any atom is -0.444 e. The van der Waals surface area contributed by atoms with E-state index in [0.717, 1.165) is 25.7 Å². The topological polar surface area (TPSA) is 106 Å². The number of halogens is 1. The third-order valence-electron chi connectivity index (χ3n) is 3.91. The number of hydrogen-bond donors (Lipinski definition) is 3. The molecule has 0 spiro atoms. The highest BCUT2D eigenvalue weighted by Crippen LogP contribution is 2.26. The Bertz CT molecular complexity index is 637. The summed E-state index contributed by atoms with van der Waals surface area (Å²) in [5, 5.41) is 6.56. The number of hydrogen-bond acceptors (Lipinski definition) is 5. The molecule has 0 atom stereocenters. The summed E-state index contributed by atoms with van der Waals surface area (Å²) in [5.41, 5.74) is 4.99. The van der Waals surface area contributed by atoms with E-state index in [0.29, 0.717) is 10.8 Å². The number of aromatic nitrogens is 1. The normalized spacial score (nSPS) is 20.6. The summed E-state index contributed by atoms with van der Waals surface area (Å²) in [4.78, 5) is 27.1. The highest BCUT2D eigenvalue weighted by Gasteiger charge is 2.25. The van der Waals surface area contributed by atoms with Crippen molar-refractivity contribution < 1.29 is 14.3 Å². The Morgan fingerprint density at radius 3 is 2.36 bits per heavy atom. The minimum absolute atomic E-state index is 0.105. The maximum atomic E-state index is 11.8. The van der Waals surface area contributed by atoms with E-state index >= 15 is 0 Å². The molecule has 2 amide bonds. The number of alkyl carbamates (subject to hydrolysis) is 1. The molecule has 1 heterocycles. The quantitative estimate of drug-likeness (QED) is 0.757. The number of carbonyl (C=O) groups excluding carboxylic acids is 2. The molecule has 8 heteroatoms. The van der Waals surface area contributed by atoms with Crippen LogP contribution in [0.2, 0.25) is 5.02 Å². The molecule has 4 N–H and O–H groups in total. The zero-order valence-corrected chi connectivity index (χ0v) is 15.5. The van der Waals surface area contributed by atoms with E-state index in [9.17, 15) is 9.59 Å². The summed E-state index contributed by atoms with van der Waals surface area (Å²) in [6.45, 7) is 5.52. The predicted molar refractivity (Wildman–Crippen MR) is 96.8 cm³/mol. The Balaban J connectivity index is 1.83. The van der Waals surface area contributed by atoms with Crippen molar-refractivity contribution in [2.75, 3.05) is 5.32 Å². The van der Waals surface area contributed by atoms with Crippen LogP contribution in [0.3, 0.4) is 0 Å². The van der Waals surface area contributed by atoms with Gasteiger partial charge in [0, 0.05) is 18.3 Å². The molecule has 1 aliphatic carbocycles. The summed E-state index contributed by atoms with van der Waals surface area (Å²) >= 11 is 6.15. The van der Waals surface area contributed by atoms with Crippen LogP contribution in [0.15, 0.2) is 12.3 Å². The second-order valence-corrected chi connectivity index (χ2v) is 7.66. The number of nitrogens with two attached hydrogens (primary N) is 1. The van der Waals surface area contributed by atoms with Gasteiger partial charge < -0.3 is 21.1 Å². The first-order valence-corrected chi connectivity index (χ1v) is 8.73. The van der Waals surface area contributed by atoms with Gasteiger partial charge in [-0.25, -0.2) is 9.78 Å². The zero-order valence-electron chi connectivity index (χ0n) is 14.8. The van der Waals surface area contributed by atoms with Gasteiger partial charge in [-0.3, -0.25) is 4.79 Å². The third-order valence-corrected chi connectivity index (χ3v) is 4.20. The fourth-order valence-electron chi connectivity index (χ4n) is 2.73. The summed E-state index contributed by atoms with van der Waals surface area (Å²) in [5.74, 6) is -0.0232. The Labute approximate surface area is 152 Å². The smallest absolute Gasteiger partial charge is 0.407 e. The van der Waals surface area contributed by atoms with Crippen LogP contribution in [0.4, 0.5) is 10.6 Å². The molecule has 1 saturated carbocycles. The van der Waals surface area contributed by atoms with E-state index < -0.39 is 11.5 Å².